The van der Waals surface area contributed by atoms with Gasteiger partial charge in [0.25, 0.3) is 5.56 Å². The number of ether oxygens (including phenoxy) is 2. The van der Waals surface area contributed by atoms with E-state index < -0.39 is 17.3 Å². The molecule has 0 bridgehead atoms. The smallest absolute Gasteiger partial charge is 0.416 e. The van der Waals surface area contributed by atoms with E-state index in [2.05, 4.69) is 10.1 Å². The summed E-state index contributed by atoms with van der Waals surface area (Å²) in [6.07, 6.45) is -3.14. The van der Waals surface area contributed by atoms with Crippen LogP contribution in [0.4, 0.5) is 13.2 Å². The molecule has 6 nitrogen and oxygen atoms in total. The lowest BCUT2D eigenvalue weighted by molar-refractivity contribution is -0.137. The van der Waals surface area contributed by atoms with Crippen LogP contribution in [0, 0.1) is 6.92 Å². The minimum atomic E-state index is -4.55. The highest BCUT2D eigenvalue weighted by atomic mass is 19.4. The number of rotatable bonds is 5. The van der Waals surface area contributed by atoms with Crippen molar-refractivity contribution in [2.24, 2.45) is 5.10 Å². The van der Waals surface area contributed by atoms with Crippen LogP contribution < -0.4 is 15.0 Å². The van der Waals surface area contributed by atoms with Gasteiger partial charge in [-0.05, 0) is 43.3 Å². The summed E-state index contributed by atoms with van der Waals surface area (Å²) in [6, 6.07) is 14.7. The summed E-state index contributed by atoms with van der Waals surface area (Å²) < 4.78 is 51.8. The number of benzene rings is 3. The predicted molar refractivity (Wildman–Crippen MR) is 124 cm³/mol. The Kier molecular flexibility index (Phi) is 6.10. The third kappa shape index (κ3) is 4.24. The van der Waals surface area contributed by atoms with Crippen molar-refractivity contribution >= 4 is 17.1 Å². The van der Waals surface area contributed by atoms with Gasteiger partial charge in [-0.25, -0.2) is 4.98 Å². The number of alkyl halides is 3. The molecule has 34 heavy (non-hydrogen) atoms. The van der Waals surface area contributed by atoms with E-state index in [9.17, 15) is 18.0 Å². The Balaban J connectivity index is 1.94. The number of hydrogen-bond donors (Lipinski definition) is 0. The van der Waals surface area contributed by atoms with Crippen molar-refractivity contribution in [1.29, 1.82) is 0 Å². The molecule has 0 aliphatic carbocycles. The second-order valence-corrected chi connectivity index (χ2v) is 7.41. The van der Waals surface area contributed by atoms with Crippen LogP contribution in [0.3, 0.4) is 0 Å². The highest BCUT2D eigenvalue weighted by Gasteiger charge is 2.31. The quantitative estimate of drug-likeness (QED) is 0.374. The average Bonchev–Trinajstić information content (AvgIpc) is 2.83. The van der Waals surface area contributed by atoms with Crippen molar-refractivity contribution in [3.63, 3.8) is 0 Å². The van der Waals surface area contributed by atoms with Crippen molar-refractivity contribution in [1.82, 2.24) is 9.66 Å². The minimum absolute atomic E-state index is 0.0183. The second kappa shape index (κ2) is 9.01. The lowest BCUT2D eigenvalue weighted by atomic mass is 10.1. The maximum Gasteiger partial charge on any atom is 0.416 e. The van der Waals surface area contributed by atoms with E-state index in [1.807, 2.05) is 6.92 Å². The van der Waals surface area contributed by atoms with Crippen LogP contribution in [-0.2, 0) is 6.18 Å². The van der Waals surface area contributed by atoms with Gasteiger partial charge >= 0.3 is 6.18 Å². The number of aromatic nitrogens is 2. The molecule has 0 atom stereocenters. The third-order valence-electron chi connectivity index (χ3n) is 5.32. The number of para-hydroxylation sites is 1. The first-order valence-corrected chi connectivity index (χ1v) is 10.2. The molecule has 0 aliphatic rings. The first kappa shape index (κ1) is 23.0. The maximum atomic E-state index is 13.3. The number of nitrogens with zero attached hydrogens (tertiary/aromatic N) is 3. The Hall–Kier alpha value is -4.14. The summed E-state index contributed by atoms with van der Waals surface area (Å²) in [5.74, 6) is 1.09. The summed E-state index contributed by atoms with van der Waals surface area (Å²) in [5, 5.41) is 4.60. The van der Waals surface area contributed by atoms with Gasteiger partial charge in [-0.3, -0.25) is 4.79 Å². The van der Waals surface area contributed by atoms with Crippen LogP contribution in [0.15, 0.2) is 70.6 Å². The molecular formula is C25H20F3N3O3. The molecule has 9 heteroatoms. The third-order valence-corrected chi connectivity index (χ3v) is 5.32. The van der Waals surface area contributed by atoms with Crippen LogP contribution >= 0.6 is 0 Å². The van der Waals surface area contributed by atoms with Crippen molar-refractivity contribution in [2.75, 3.05) is 14.2 Å². The fraction of sp³-hybridized carbons (Fsp3) is 0.160. The molecule has 0 saturated heterocycles. The van der Waals surface area contributed by atoms with Crippen LogP contribution in [0.2, 0.25) is 0 Å². The van der Waals surface area contributed by atoms with E-state index in [1.54, 1.807) is 36.4 Å². The molecule has 4 rings (SSSR count). The SMILES string of the molecule is COc1ccc(C=Nn2c(-c3cccc(C(F)(F)F)c3)nc3ccccc3c2=O)c(OC)c1C. The van der Waals surface area contributed by atoms with Crippen molar-refractivity contribution in [2.45, 2.75) is 13.1 Å². The van der Waals surface area contributed by atoms with Gasteiger partial charge in [-0.1, -0.05) is 24.3 Å². The zero-order valence-electron chi connectivity index (χ0n) is 18.6. The molecule has 0 N–H and O–H groups in total. The Morgan fingerprint density at radius 1 is 1.00 bits per heavy atom. The summed E-state index contributed by atoms with van der Waals surface area (Å²) in [6.45, 7) is 1.81. The van der Waals surface area contributed by atoms with E-state index in [-0.39, 0.29) is 16.8 Å². The van der Waals surface area contributed by atoms with Gasteiger partial charge in [0.15, 0.2) is 5.82 Å². The van der Waals surface area contributed by atoms with Gasteiger partial charge in [0.1, 0.15) is 11.5 Å². The number of halogens is 3. The van der Waals surface area contributed by atoms with E-state index in [1.165, 1.54) is 32.6 Å². The molecule has 1 aromatic heterocycles. The summed E-state index contributed by atoms with van der Waals surface area (Å²) >= 11 is 0. The van der Waals surface area contributed by atoms with Crippen LogP contribution in [0.25, 0.3) is 22.3 Å². The minimum Gasteiger partial charge on any atom is -0.496 e. The van der Waals surface area contributed by atoms with Crippen LogP contribution in [-0.4, -0.2) is 30.1 Å². The molecule has 1 heterocycles. The molecule has 0 aliphatic heterocycles. The van der Waals surface area contributed by atoms with E-state index in [0.29, 0.717) is 22.6 Å². The zero-order valence-corrected chi connectivity index (χ0v) is 18.6. The Bertz CT molecular complexity index is 1460. The van der Waals surface area contributed by atoms with Crippen molar-refractivity contribution in [3.05, 3.63) is 87.7 Å². The molecule has 0 fully saturated rings. The highest BCUT2D eigenvalue weighted by Crippen LogP contribution is 2.32. The van der Waals surface area contributed by atoms with E-state index in [4.69, 9.17) is 9.47 Å². The van der Waals surface area contributed by atoms with Crippen molar-refractivity contribution < 1.29 is 22.6 Å². The van der Waals surface area contributed by atoms with E-state index >= 15 is 0 Å². The predicted octanol–water partition coefficient (Wildman–Crippen LogP) is 5.29. The summed E-state index contributed by atoms with van der Waals surface area (Å²) in [7, 11) is 3.04. The normalized spacial score (nSPS) is 11.8. The first-order chi connectivity index (χ1) is 16.2. The topological polar surface area (TPSA) is 65.7 Å². The van der Waals surface area contributed by atoms with Crippen LogP contribution in [0.1, 0.15) is 16.7 Å². The van der Waals surface area contributed by atoms with Gasteiger partial charge in [-0.15, -0.1) is 0 Å². The molecule has 0 unspecified atom stereocenters. The number of hydrogen-bond acceptors (Lipinski definition) is 5. The molecular weight excluding hydrogens is 447 g/mol. The molecule has 0 amide bonds. The van der Waals surface area contributed by atoms with Gasteiger partial charge in [0.2, 0.25) is 0 Å². The molecule has 174 valence electrons. The average molecular weight is 467 g/mol. The largest absolute Gasteiger partial charge is 0.496 e. The number of methoxy groups -OCH3 is 2. The monoisotopic (exact) mass is 467 g/mol. The fourth-order valence-electron chi connectivity index (χ4n) is 3.66. The Labute approximate surface area is 192 Å². The van der Waals surface area contributed by atoms with Gasteiger partial charge in [0, 0.05) is 16.7 Å². The van der Waals surface area contributed by atoms with Gasteiger partial charge in [-0.2, -0.15) is 22.9 Å². The molecule has 0 spiro atoms. The molecule has 4 aromatic rings. The fourth-order valence-corrected chi connectivity index (χ4v) is 3.66. The Morgan fingerprint density at radius 2 is 1.76 bits per heavy atom. The maximum absolute atomic E-state index is 13.3. The van der Waals surface area contributed by atoms with Gasteiger partial charge < -0.3 is 9.47 Å². The Morgan fingerprint density at radius 3 is 2.47 bits per heavy atom. The van der Waals surface area contributed by atoms with Gasteiger partial charge in [0.05, 0.1) is 36.9 Å². The van der Waals surface area contributed by atoms with Crippen LogP contribution in [0.5, 0.6) is 11.5 Å². The molecule has 0 saturated carbocycles. The molecule has 0 radical (unpaired) electrons. The lowest BCUT2D eigenvalue weighted by Gasteiger charge is -2.13. The summed E-state index contributed by atoms with van der Waals surface area (Å²) in [5.41, 5.74) is 0.373. The summed E-state index contributed by atoms with van der Waals surface area (Å²) in [4.78, 5) is 17.7. The first-order valence-electron chi connectivity index (χ1n) is 10.2. The zero-order chi connectivity index (χ0) is 24.5. The second-order valence-electron chi connectivity index (χ2n) is 7.41. The van der Waals surface area contributed by atoms with E-state index in [0.717, 1.165) is 22.4 Å². The molecule has 3 aromatic carbocycles. The van der Waals surface area contributed by atoms with Crippen molar-refractivity contribution in [3.8, 4) is 22.9 Å². The highest BCUT2D eigenvalue weighted by molar-refractivity contribution is 5.86. The lowest BCUT2D eigenvalue weighted by Crippen LogP contribution is -2.20. The standard InChI is InChI=1S/C25H20F3N3O3/c1-15-21(33-2)12-11-17(22(15)34-3)14-29-31-23(16-7-6-8-18(13-16)25(26,27)28)30-20-10-5-4-9-19(20)24(31)32/h4-14H,1-3H3. The number of fused-ring (bicyclic) bond motifs is 1.